The van der Waals surface area contributed by atoms with Gasteiger partial charge in [0.2, 0.25) is 5.91 Å². The van der Waals surface area contributed by atoms with Crippen molar-refractivity contribution >= 4 is 34.7 Å². The number of amides is 1. The third-order valence-corrected chi connectivity index (χ3v) is 19.3. The van der Waals surface area contributed by atoms with Crippen LogP contribution in [0.15, 0.2) is 60.7 Å². The first-order chi connectivity index (χ1) is 28.7. The number of carbonyl (C=O) groups is 2. The van der Waals surface area contributed by atoms with Gasteiger partial charge in [-0.2, -0.15) is 36.4 Å². The minimum Gasteiger partial charge on any atom is -1.00 e. The number of hydrogen-bond acceptors (Lipinski definition) is 5. The number of nitrogens with zero attached hydrogens (tertiary/aromatic N) is 1. The summed E-state index contributed by atoms with van der Waals surface area (Å²) in [6, 6.07) is 22.5. The Bertz CT molecular complexity index is 1750. The number of Topliss-reactive ketones (excluding diaryl/α,β-unsaturated/α-hetero) is 1. The number of hydrogen-bond donors (Lipinski definition) is 2. The molecule has 8 saturated carbocycles. The van der Waals surface area contributed by atoms with E-state index in [0.717, 1.165) is 97.3 Å². The molecule has 0 aromatic heterocycles. The molecule has 0 saturated heterocycles. The molecule has 2 N–H and O–H groups in total. The molecule has 0 bridgehead atoms. The van der Waals surface area contributed by atoms with Gasteiger partial charge in [0.1, 0.15) is 0 Å². The zero-order valence-electron chi connectivity index (χ0n) is 39.1. The second kappa shape index (κ2) is 22.4. The van der Waals surface area contributed by atoms with Crippen LogP contribution in [-0.4, -0.2) is 75.4 Å². The van der Waals surface area contributed by atoms with Gasteiger partial charge in [0, 0.05) is 24.4 Å². The van der Waals surface area contributed by atoms with Crippen molar-refractivity contribution in [3.8, 4) is 0 Å². The van der Waals surface area contributed by atoms with Gasteiger partial charge in [-0.3, -0.25) is 14.4 Å². The van der Waals surface area contributed by atoms with Crippen LogP contribution in [0.25, 0.3) is 0 Å². The smallest absolute Gasteiger partial charge is 1.00 e. The Labute approximate surface area is 416 Å². The fourth-order valence-electron chi connectivity index (χ4n) is 16.5. The van der Waals surface area contributed by atoms with Crippen LogP contribution in [-0.2, 0) is 9.63 Å². The molecule has 16 atom stereocenters. The molecule has 0 heterocycles. The molecule has 2 aromatic rings. The van der Waals surface area contributed by atoms with Gasteiger partial charge in [0.05, 0.1) is 18.3 Å². The molecular formula is C56H86BrMgNO5. The second-order valence-electron chi connectivity index (χ2n) is 22.5. The Kier molecular flexibility index (Phi) is 19.4. The third-order valence-electron chi connectivity index (χ3n) is 19.3. The number of fused-ring (bicyclic) bond motifs is 10. The van der Waals surface area contributed by atoms with Crippen LogP contribution < -0.4 is 17.0 Å². The van der Waals surface area contributed by atoms with Gasteiger partial charge in [-0.05, 0) is 199 Å². The van der Waals surface area contributed by atoms with Crippen molar-refractivity contribution < 1.29 is 41.6 Å². The van der Waals surface area contributed by atoms with Crippen LogP contribution in [0.4, 0.5) is 0 Å². The van der Waals surface area contributed by atoms with Gasteiger partial charge in [-0.15, -0.1) is 0 Å². The van der Waals surface area contributed by atoms with Crippen LogP contribution in [0, 0.1) is 87.9 Å². The predicted octanol–water partition coefficient (Wildman–Crippen LogP) is 9.30. The van der Waals surface area contributed by atoms with E-state index in [1.165, 1.54) is 82.1 Å². The summed E-state index contributed by atoms with van der Waals surface area (Å²) < 4.78 is 0. The van der Waals surface area contributed by atoms with Crippen LogP contribution in [0.3, 0.4) is 0 Å². The fraction of sp³-hybridized carbons (Fsp3) is 0.750. The van der Waals surface area contributed by atoms with Crippen molar-refractivity contribution in [1.29, 1.82) is 0 Å². The summed E-state index contributed by atoms with van der Waals surface area (Å²) in [5.74, 6) is 8.73. The average molecular weight is 958 g/mol. The first-order valence-electron chi connectivity index (χ1n) is 24.4. The predicted molar refractivity (Wildman–Crippen MR) is 257 cm³/mol. The Hall–Kier alpha value is -1.29. The van der Waals surface area contributed by atoms with Crippen molar-refractivity contribution in [2.75, 3.05) is 14.2 Å². The van der Waals surface area contributed by atoms with Gasteiger partial charge in [0.25, 0.3) is 0 Å². The molecule has 8 fully saturated rings. The zero-order chi connectivity index (χ0) is 42.5. The van der Waals surface area contributed by atoms with Crippen molar-refractivity contribution in [2.24, 2.45) is 81.8 Å². The standard InChI is InChI=1S/C26H36O2.C22H37NO3.C6H5.2CH4.BrH.Mg/c1-25(28)14-12-19-18(16-25)8-9-21-20(19)13-15-26(2)22(21)10-11-23(26)24(27)17-6-4-3-5-7-17;1-21(25)11-9-15-14(13-21)5-6-17-16(15)10-12-22(2)18(17)7-8-19(22)20(24)23(3)26-4;1-2-4-6-5-3-1;;;;/h3-7,18-23,28H,8-16H2,1-2H3;14-19,25H,5-13H2,1-4H3;1-5H;2*1H4;1H;/q;;-1;;;;+2/p-1/t18-,19+,20-,21-,22+,23-,25-,26+;14-,15+,16-,17-,18+,19-,21-,22+;;;;;/m11...../s1. The van der Waals surface area contributed by atoms with Crippen molar-refractivity contribution in [3.63, 3.8) is 0 Å². The number of benzene rings is 2. The van der Waals surface area contributed by atoms with E-state index in [1.54, 1.807) is 14.2 Å². The van der Waals surface area contributed by atoms with Gasteiger partial charge < -0.3 is 27.2 Å². The number of rotatable bonds is 4. The average Bonchev–Trinajstić information content (AvgIpc) is 3.80. The van der Waals surface area contributed by atoms with E-state index >= 15 is 0 Å². The summed E-state index contributed by atoms with van der Waals surface area (Å²) in [7, 11) is 3.34. The summed E-state index contributed by atoms with van der Waals surface area (Å²) in [6.45, 7) is 8.92. The summed E-state index contributed by atoms with van der Waals surface area (Å²) >= 11 is 0. The Morgan fingerprint density at radius 2 is 1.03 bits per heavy atom. The zero-order valence-corrected chi connectivity index (χ0v) is 42.1. The number of halogens is 1. The van der Waals surface area contributed by atoms with E-state index in [0.29, 0.717) is 11.7 Å². The van der Waals surface area contributed by atoms with Crippen molar-refractivity contribution in [2.45, 2.75) is 169 Å². The van der Waals surface area contributed by atoms with Crippen LogP contribution in [0.1, 0.15) is 168 Å². The number of aliphatic hydroxyl groups is 2. The van der Waals surface area contributed by atoms with Crippen LogP contribution in [0.2, 0.25) is 0 Å². The molecule has 1 amide bonds. The molecule has 8 aliphatic carbocycles. The molecule has 0 unspecified atom stereocenters. The van der Waals surface area contributed by atoms with E-state index in [2.05, 4.69) is 19.9 Å². The normalized spacial score (nSPS) is 42.1. The Balaban J connectivity index is 0.000000235. The molecule has 354 valence electrons. The molecule has 10 rings (SSSR count). The summed E-state index contributed by atoms with van der Waals surface area (Å²) in [5.41, 5.74) is 0.388. The molecule has 0 radical (unpaired) electrons. The van der Waals surface area contributed by atoms with E-state index in [4.69, 9.17) is 4.84 Å². The van der Waals surface area contributed by atoms with Crippen LogP contribution in [0.5, 0.6) is 0 Å². The molecule has 8 heteroatoms. The maximum atomic E-state index is 13.3. The molecule has 2 aromatic carbocycles. The number of hydroxylamine groups is 2. The summed E-state index contributed by atoms with van der Waals surface area (Å²) in [6.07, 6.45) is 21.2. The number of carbonyl (C=O) groups excluding carboxylic acids is 2. The number of ketones is 1. The van der Waals surface area contributed by atoms with E-state index in [9.17, 15) is 19.8 Å². The minimum absolute atomic E-state index is 0. The van der Waals surface area contributed by atoms with E-state index in [1.807, 2.05) is 74.5 Å². The molecule has 64 heavy (non-hydrogen) atoms. The first-order valence-corrected chi connectivity index (χ1v) is 24.4. The van der Waals surface area contributed by atoms with Crippen LogP contribution >= 0.6 is 0 Å². The Morgan fingerprint density at radius 3 is 1.47 bits per heavy atom. The van der Waals surface area contributed by atoms with Crippen molar-refractivity contribution in [1.82, 2.24) is 5.06 Å². The van der Waals surface area contributed by atoms with E-state index < -0.39 is 11.2 Å². The van der Waals surface area contributed by atoms with E-state index in [-0.39, 0.29) is 83.5 Å². The fourth-order valence-corrected chi connectivity index (χ4v) is 16.5. The molecule has 8 aliphatic rings. The SMILES string of the molecule is C.C.CON(C)C(=O)[C@H]1CC[C@H]2[C@@H]3CC[C@@H]4C[C@](C)(O)CC[C@@H]4[C@H]3CC[C@]12C.C[C@@]1(O)CC[C@H]2[C@H](CC[C@@H]3[C@@H]2CC[C@]2(C)[C@@H](C(=O)c4ccccc4)CC[C@@H]32)C1.[Br-].[Mg+2].[c-]1ccccc1. The quantitative estimate of drug-likeness (QED) is 0.138. The topological polar surface area (TPSA) is 87.1 Å². The maximum absolute atomic E-state index is 13.3. The molecular weight excluding hydrogens is 871 g/mol. The van der Waals surface area contributed by atoms with Crippen molar-refractivity contribution in [3.05, 3.63) is 72.3 Å². The first kappa shape index (κ1) is 55.3. The third kappa shape index (κ3) is 10.9. The van der Waals surface area contributed by atoms with Gasteiger partial charge >= 0.3 is 23.1 Å². The largest absolute Gasteiger partial charge is 2.00 e. The maximum Gasteiger partial charge on any atom is 2.00 e. The van der Waals surface area contributed by atoms with Gasteiger partial charge in [-0.25, -0.2) is 5.06 Å². The Morgan fingerprint density at radius 1 is 0.594 bits per heavy atom. The second-order valence-corrected chi connectivity index (χ2v) is 22.5. The molecule has 0 aliphatic heterocycles. The van der Waals surface area contributed by atoms with Gasteiger partial charge in [0.15, 0.2) is 5.78 Å². The molecule has 0 spiro atoms. The van der Waals surface area contributed by atoms with Gasteiger partial charge in [-0.1, -0.05) is 59.0 Å². The summed E-state index contributed by atoms with van der Waals surface area (Å²) in [5, 5.41) is 22.5. The monoisotopic (exact) mass is 956 g/mol. The molecule has 6 nitrogen and oxygen atoms in total. The minimum atomic E-state index is -0.438. The summed E-state index contributed by atoms with van der Waals surface area (Å²) in [4.78, 5) is 31.4.